The molecule has 0 aliphatic rings. The zero-order chi connectivity index (χ0) is 10.3. The van der Waals surface area contributed by atoms with E-state index in [2.05, 4.69) is 10.7 Å². The molecule has 0 aromatic heterocycles. The maximum atomic E-state index is 5.78. The summed E-state index contributed by atoms with van der Waals surface area (Å²) >= 11 is 0. The monoisotopic (exact) mass is 179 g/mol. The number of nitrogen functional groups attached to an aromatic ring is 1. The van der Waals surface area contributed by atoms with Gasteiger partial charge in [0.05, 0.1) is 0 Å². The third-order valence-corrected chi connectivity index (χ3v) is 1.63. The summed E-state index contributed by atoms with van der Waals surface area (Å²) in [6, 6.07) is 5.92. The van der Waals surface area contributed by atoms with E-state index in [9.17, 15) is 0 Å². The molecule has 4 N–H and O–H groups in total. The molecule has 0 atom stereocenters. The molecule has 3 heteroatoms. The second-order valence-corrected chi connectivity index (χ2v) is 2.47. The lowest BCUT2D eigenvalue weighted by Gasteiger charge is -2.01. The van der Waals surface area contributed by atoms with Crippen molar-refractivity contribution in [1.29, 1.82) is 0 Å². The molecule has 13 heavy (non-hydrogen) atoms. The van der Waals surface area contributed by atoms with Gasteiger partial charge in [-0.05, 0) is 19.5 Å². The fraction of sp³-hybridized carbons (Fsp3) is 0.300. The first-order valence-electron chi connectivity index (χ1n) is 4.10. The molecular weight excluding hydrogens is 162 g/mol. The topological polar surface area (TPSA) is 64.4 Å². The highest BCUT2D eigenvalue weighted by atomic mass is 14.6. The van der Waals surface area contributed by atoms with Gasteiger partial charge in [-0.25, -0.2) is 0 Å². The molecule has 0 fully saturated rings. The molecule has 1 rings (SSSR count). The zero-order valence-electron chi connectivity index (χ0n) is 8.41. The molecule has 0 amide bonds. The van der Waals surface area contributed by atoms with Gasteiger partial charge in [0.25, 0.3) is 0 Å². The van der Waals surface area contributed by atoms with Crippen LogP contribution in [0.15, 0.2) is 23.2 Å². The van der Waals surface area contributed by atoms with Crippen molar-refractivity contribution in [3.63, 3.8) is 0 Å². The molecule has 1 aromatic carbocycles. The smallest absolute Gasteiger partial charge is 0.0432 e. The van der Waals surface area contributed by atoms with E-state index in [0.29, 0.717) is 0 Å². The molecule has 0 aliphatic heterocycles. The van der Waals surface area contributed by atoms with Crippen LogP contribution in [0.4, 0.5) is 5.69 Å². The quantitative estimate of drug-likeness (QED) is 0.502. The number of benzene rings is 1. The van der Waals surface area contributed by atoms with Gasteiger partial charge in [0, 0.05) is 24.5 Å². The summed E-state index contributed by atoms with van der Waals surface area (Å²) in [6.07, 6.45) is 1.77. The van der Waals surface area contributed by atoms with Crippen LogP contribution in [0.2, 0.25) is 0 Å². The number of nitrogens with zero attached hydrogens (tertiary/aromatic N) is 1. The van der Waals surface area contributed by atoms with Crippen molar-refractivity contribution in [2.24, 2.45) is 10.7 Å². The van der Waals surface area contributed by atoms with Gasteiger partial charge in [-0.15, -0.1) is 0 Å². The van der Waals surface area contributed by atoms with Crippen LogP contribution in [0.25, 0.3) is 0 Å². The molecule has 0 unspecified atom stereocenters. The Balaban J connectivity index is 0.000000671. The summed E-state index contributed by atoms with van der Waals surface area (Å²) in [5, 5.41) is 0. The maximum absolute atomic E-state index is 5.78. The average Bonchev–Trinajstić information content (AvgIpc) is 2.17. The zero-order valence-corrected chi connectivity index (χ0v) is 8.41. The van der Waals surface area contributed by atoms with E-state index in [0.717, 1.165) is 16.8 Å². The molecule has 0 saturated heterocycles. The van der Waals surface area contributed by atoms with Crippen molar-refractivity contribution in [2.45, 2.75) is 6.92 Å². The van der Waals surface area contributed by atoms with Gasteiger partial charge in [0.1, 0.15) is 0 Å². The summed E-state index contributed by atoms with van der Waals surface area (Å²) in [5.41, 5.74) is 13.2. The third-order valence-electron chi connectivity index (χ3n) is 1.63. The Morgan fingerprint density at radius 3 is 2.46 bits per heavy atom. The molecule has 0 aliphatic carbocycles. The average molecular weight is 179 g/mol. The minimum Gasteiger partial charge on any atom is -0.398 e. The molecule has 72 valence electrons. The first-order valence-corrected chi connectivity index (χ1v) is 4.10. The van der Waals surface area contributed by atoms with Crippen molar-refractivity contribution < 1.29 is 0 Å². The van der Waals surface area contributed by atoms with Crippen LogP contribution in [0.1, 0.15) is 11.1 Å². The number of nitrogens with two attached hydrogens (primary N) is 2. The van der Waals surface area contributed by atoms with Crippen molar-refractivity contribution in [2.75, 3.05) is 19.8 Å². The van der Waals surface area contributed by atoms with E-state index in [1.807, 2.05) is 25.1 Å². The predicted octanol–water partition coefficient (Wildman–Crippen LogP) is 1.20. The molecule has 0 bridgehead atoms. The lowest BCUT2D eigenvalue weighted by molar-refractivity contribution is 1.43. The Morgan fingerprint density at radius 1 is 1.31 bits per heavy atom. The first kappa shape index (κ1) is 11.6. The second kappa shape index (κ2) is 6.20. The summed E-state index contributed by atoms with van der Waals surface area (Å²) in [7, 11) is 3.24. The number of aliphatic imine (C=N–C) groups is 1. The van der Waals surface area contributed by atoms with Crippen molar-refractivity contribution >= 4 is 11.9 Å². The fourth-order valence-electron chi connectivity index (χ4n) is 0.955. The lowest BCUT2D eigenvalue weighted by atomic mass is 10.1. The van der Waals surface area contributed by atoms with Crippen LogP contribution >= 0.6 is 0 Å². The maximum Gasteiger partial charge on any atom is 0.0432 e. The Bertz CT molecular complexity index is 279. The van der Waals surface area contributed by atoms with Crippen molar-refractivity contribution in [3.8, 4) is 0 Å². The van der Waals surface area contributed by atoms with Gasteiger partial charge in [-0.1, -0.05) is 18.2 Å². The number of hydrogen-bond donors (Lipinski definition) is 2. The SMILES string of the molecule is CN.CN=Cc1cccc(C)c1N. The summed E-state index contributed by atoms with van der Waals surface area (Å²) in [5.74, 6) is 0. The number of anilines is 1. The van der Waals surface area contributed by atoms with Gasteiger partial charge in [0.2, 0.25) is 0 Å². The van der Waals surface area contributed by atoms with E-state index in [1.165, 1.54) is 7.05 Å². The van der Waals surface area contributed by atoms with Gasteiger partial charge < -0.3 is 11.5 Å². The Morgan fingerprint density at radius 2 is 1.92 bits per heavy atom. The lowest BCUT2D eigenvalue weighted by Crippen LogP contribution is -1.95. The van der Waals surface area contributed by atoms with Crippen LogP contribution in [0.5, 0.6) is 0 Å². The Hall–Kier alpha value is -1.35. The van der Waals surface area contributed by atoms with Crippen LogP contribution < -0.4 is 11.5 Å². The predicted molar refractivity (Wildman–Crippen MR) is 59.2 cm³/mol. The van der Waals surface area contributed by atoms with Gasteiger partial charge in [-0.2, -0.15) is 0 Å². The van der Waals surface area contributed by atoms with Crippen LogP contribution in [0.3, 0.4) is 0 Å². The van der Waals surface area contributed by atoms with E-state index in [-0.39, 0.29) is 0 Å². The molecule has 0 spiro atoms. The number of aryl methyl sites for hydroxylation is 1. The molecule has 1 aromatic rings. The van der Waals surface area contributed by atoms with Crippen LogP contribution in [-0.4, -0.2) is 20.3 Å². The molecule has 0 radical (unpaired) electrons. The van der Waals surface area contributed by atoms with Gasteiger partial charge in [-0.3, -0.25) is 4.99 Å². The number of para-hydroxylation sites is 1. The highest BCUT2D eigenvalue weighted by Crippen LogP contribution is 2.13. The third kappa shape index (κ3) is 3.25. The van der Waals surface area contributed by atoms with Crippen molar-refractivity contribution in [3.05, 3.63) is 29.3 Å². The Labute approximate surface area is 79.5 Å². The molecule has 0 heterocycles. The van der Waals surface area contributed by atoms with Crippen molar-refractivity contribution in [1.82, 2.24) is 0 Å². The fourth-order valence-corrected chi connectivity index (χ4v) is 0.955. The molecule has 3 nitrogen and oxygen atoms in total. The minimum absolute atomic E-state index is 0.818. The summed E-state index contributed by atoms with van der Waals surface area (Å²) in [6.45, 7) is 1.99. The summed E-state index contributed by atoms with van der Waals surface area (Å²) in [4.78, 5) is 3.90. The first-order chi connectivity index (χ1) is 6.25. The van der Waals surface area contributed by atoms with Crippen LogP contribution in [-0.2, 0) is 0 Å². The number of hydrogen-bond acceptors (Lipinski definition) is 3. The highest BCUT2D eigenvalue weighted by Gasteiger charge is 1.96. The van der Waals surface area contributed by atoms with E-state index in [4.69, 9.17) is 5.73 Å². The Kier molecular flexibility index (Phi) is 5.55. The van der Waals surface area contributed by atoms with E-state index < -0.39 is 0 Å². The summed E-state index contributed by atoms with van der Waals surface area (Å²) < 4.78 is 0. The minimum atomic E-state index is 0.818. The largest absolute Gasteiger partial charge is 0.398 e. The standard InChI is InChI=1S/C9H12N2.CH5N/c1-7-4-3-5-8(6-11-2)9(7)10;1-2/h3-6H,10H2,1-2H3;2H2,1H3. The molecule has 0 saturated carbocycles. The number of rotatable bonds is 1. The van der Waals surface area contributed by atoms with Gasteiger partial charge in [0.15, 0.2) is 0 Å². The van der Waals surface area contributed by atoms with E-state index in [1.54, 1.807) is 13.3 Å². The van der Waals surface area contributed by atoms with Crippen LogP contribution in [0, 0.1) is 6.92 Å². The normalized spacial score (nSPS) is 9.54. The second-order valence-electron chi connectivity index (χ2n) is 2.47. The van der Waals surface area contributed by atoms with Gasteiger partial charge >= 0.3 is 0 Å². The molecular formula is C10H17N3. The van der Waals surface area contributed by atoms with E-state index >= 15 is 0 Å². The highest BCUT2D eigenvalue weighted by molar-refractivity contribution is 5.87.